The first-order chi connectivity index (χ1) is 15.5. The topological polar surface area (TPSA) is 48.1 Å². The Morgan fingerprint density at radius 3 is 1.12 bits per heavy atom. The molecule has 0 amide bonds. The minimum atomic E-state index is -2.46. The molecule has 0 aliphatic carbocycles. The lowest BCUT2D eigenvalue weighted by atomic mass is 10.2. The summed E-state index contributed by atoms with van der Waals surface area (Å²) in [5.74, 6) is 0. The van der Waals surface area contributed by atoms with Crippen molar-refractivity contribution >= 4 is 30.6 Å². The number of anilines is 4. The molecule has 4 aromatic carbocycles. The molecule has 0 radical (unpaired) electrons. The fourth-order valence-corrected chi connectivity index (χ4v) is 6.22. The Labute approximate surface area is 191 Å². The Bertz CT molecular complexity index is 1060. The largest absolute Gasteiger partial charge is 0.395 e. The van der Waals surface area contributed by atoms with Gasteiger partial charge in [-0.2, -0.15) is 0 Å². The summed E-state index contributed by atoms with van der Waals surface area (Å²) in [5.41, 5.74) is 7.81. The van der Waals surface area contributed by atoms with Crippen LogP contribution in [0, 0.1) is 20.8 Å². The van der Waals surface area contributed by atoms with Gasteiger partial charge >= 0.3 is 7.87 Å². The first-order valence-electron chi connectivity index (χ1n) is 10.8. The number of hydrogen-bond donors (Lipinski definition) is 4. The van der Waals surface area contributed by atoms with Gasteiger partial charge < -0.3 is 0 Å². The van der Waals surface area contributed by atoms with Crippen LogP contribution in [0.3, 0.4) is 0 Å². The molecule has 32 heavy (non-hydrogen) atoms. The number of rotatable bonds is 8. The standard InChI is InChI=1S/C27H30N4P/c1-21-13-7-10-18-25(21)29-32(28-24-16-5-4-6-17-24,30-26-19-11-8-14-22(26)2)31-27-20-12-9-15-23(27)3/h4-20,28-31H,1-3H3/q+1. The third-order valence-electron chi connectivity index (χ3n) is 5.37. The van der Waals surface area contributed by atoms with Gasteiger partial charge in [0.2, 0.25) is 0 Å². The van der Waals surface area contributed by atoms with Crippen molar-refractivity contribution < 1.29 is 0 Å². The summed E-state index contributed by atoms with van der Waals surface area (Å²) in [6.45, 7) is 6.38. The predicted octanol–water partition coefficient (Wildman–Crippen LogP) is 8.04. The van der Waals surface area contributed by atoms with E-state index in [0.717, 1.165) is 22.7 Å². The van der Waals surface area contributed by atoms with E-state index in [-0.39, 0.29) is 0 Å². The van der Waals surface area contributed by atoms with Crippen LogP contribution in [0.15, 0.2) is 103 Å². The molecular weight excluding hydrogens is 411 g/mol. The zero-order chi connectivity index (χ0) is 22.4. The van der Waals surface area contributed by atoms with E-state index in [1.807, 2.05) is 18.2 Å². The summed E-state index contributed by atoms with van der Waals surface area (Å²) in [6.07, 6.45) is 0. The van der Waals surface area contributed by atoms with Gasteiger partial charge in [-0.1, -0.05) is 72.8 Å². The second-order valence-corrected chi connectivity index (χ2v) is 10.2. The highest BCUT2D eigenvalue weighted by Gasteiger charge is 2.41. The second kappa shape index (κ2) is 9.76. The first kappa shape index (κ1) is 21.7. The Kier molecular flexibility index (Phi) is 6.63. The molecule has 0 fully saturated rings. The van der Waals surface area contributed by atoms with E-state index < -0.39 is 7.87 Å². The SMILES string of the molecule is Cc1ccccc1N[P+](Nc1ccccc1)(Nc1ccccc1C)Nc1ccccc1C. The van der Waals surface area contributed by atoms with Crippen molar-refractivity contribution in [2.24, 2.45) is 0 Å². The molecule has 0 bridgehead atoms. The molecule has 4 aromatic rings. The zero-order valence-corrected chi connectivity index (χ0v) is 19.7. The summed E-state index contributed by atoms with van der Waals surface area (Å²) in [6, 6.07) is 35.4. The average molecular weight is 442 g/mol. The zero-order valence-electron chi connectivity index (χ0n) is 18.8. The Morgan fingerprint density at radius 2 is 0.750 bits per heavy atom. The summed E-state index contributed by atoms with van der Waals surface area (Å²) < 4.78 is 0. The minimum absolute atomic E-state index is 1.03. The van der Waals surface area contributed by atoms with Gasteiger partial charge in [-0.05, 0) is 67.8 Å². The summed E-state index contributed by atoms with van der Waals surface area (Å²) in [5, 5.41) is 15.3. The maximum Gasteiger partial charge on any atom is 0.395 e. The van der Waals surface area contributed by atoms with Crippen molar-refractivity contribution in [2.45, 2.75) is 20.8 Å². The molecule has 0 heterocycles. The Hall–Kier alpha value is -3.49. The number of para-hydroxylation sites is 4. The van der Waals surface area contributed by atoms with Crippen molar-refractivity contribution in [1.82, 2.24) is 0 Å². The molecule has 0 aliphatic rings. The van der Waals surface area contributed by atoms with Crippen LogP contribution >= 0.6 is 7.87 Å². The first-order valence-corrected chi connectivity index (χ1v) is 12.6. The van der Waals surface area contributed by atoms with E-state index in [1.165, 1.54) is 16.7 Å². The van der Waals surface area contributed by atoms with Crippen LogP contribution in [0.5, 0.6) is 0 Å². The fourth-order valence-electron chi connectivity index (χ4n) is 3.51. The monoisotopic (exact) mass is 441 g/mol. The minimum Gasteiger partial charge on any atom is -0.202 e. The van der Waals surface area contributed by atoms with Crippen molar-refractivity contribution in [1.29, 1.82) is 0 Å². The van der Waals surface area contributed by atoms with Crippen molar-refractivity contribution in [3.63, 3.8) is 0 Å². The summed E-state index contributed by atoms with van der Waals surface area (Å²) in [4.78, 5) is 0. The predicted molar refractivity (Wildman–Crippen MR) is 141 cm³/mol. The smallest absolute Gasteiger partial charge is 0.202 e. The van der Waals surface area contributed by atoms with Crippen molar-refractivity contribution in [2.75, 3.05) is 20.3 Å². The molecule has 0 saturated heterocycles. The van der Waals surface area contributed by atoms with E-state index >= 15 is 0 Å². The highest BCUT2D eigenvalue weighted by molar-refractivity contribution is 7.81. The molecule has 0 spiro atoms. The van der Waals surface area contributed by atoms with E-state index in [0.29, 0.717) is 0 Å². The molecule has 4 rings (SSSR count). The maximum absolute atomic E-state index is 3.84. The van der Waals surface area contributed by atoms with E-state index in [9.17, 15) is 0 Å². The van der Waals surface area contributed by atoms with Crippen molar-refractivity contribution in [3.8, 4) is 0 Å². The van der Waals surface area contributed by atoms with Crippen LogP contribution in [0.1, 0.15) is 16.7 Å². The Morgan fingerprint density at radius 1 is 0.406 bits per heavy atom. The van der Waals surface area contributed by atoms with Gasteiger partial charge in [-0.3, -0.25) is 0 Å². The third kappa shape index (κ3) is 5.22. The molecule has 162 valence electrons. The molecule has 4 nitrogen and oxygen atoms in total. The van der Waals surface area contributed by atoms with Crippen LogP contribution in [-0.4, -0.2) is 0 Å². The molecule has 0 aliphatic heterocycles. The highest BCUT2D eigenvalue weighted by Crippen LogP contribution is 2.57. The third-order valence-corrected chi connectivity index (χ3v) is 7.69. The number of benzene rings is 4. The normalized spacial score (nSPS) is 11.0. The van der Waals surface area contributed by atoms with Gasteiger partial charge in [0.15, 0.2) is 0 Å². The quantitative estimate of drug-likeness (QED) is 0.209. The second-order valence-electron chi connectivity index (χ2n) is 7.93. The van der Waals surface area contributed by atoms with Gasteiger partial charge in [-0.25, -0.2) is 20.3 Å². The van der Waals surface area contributed by atoms with Crippen LogP contribution < -0.4 is 20.3 Å². The molecule has 5 heteroatoms. The van der Waals surface area contributed by atoms with Gasteiger partial charge in [0.1, 0.15) is 0 Å². The fraction of sp³-hybridized carbons (Fsp3) is 0.111. The molecule has 0 atom stereocenters. The Balaban J connectivity index is 1.83. The van der Waals surface area contributed by atoms with Crippen LogP contribution in [0.2, 0.25) is 0 Å². The highest BCUT2D eigenvalue weighted by atomic mass is 31.2. The lowest BCUT2D eigenvalue weighted by Gasteiger charge is -2.31. The van der Waals surface area contributed by atoms with Gasteiger partial charge in [0.05, 0.1) is 22.7 Å². The lowest BCUT2D eigenvalue weighted by molar-refractivity contribution is 1.42. The number of aryl methyl sites for hydroxylation is 3. The van der Waals surface area contributed by atoms with E-state index in [2.05, 4.69) is 126 Å². The van der Waals surface area contributed by atoms with Gasteiger partial charge in [-0.15, -0.1) is 0 Å². The molecule has 0 saturated carbocycles. The van der Waals surface area contributed by atoms with Crippen molar-refractivity contribution in [3.05, 3.63) is 120 Å². The number of nitrogens with one attached hydrogen (secondary N) is 4. The van der Waals surface area contributed by atoms with Gasteiger partial charge in [0, 0.05) is 0 Å². The molecule has 0 unspecified atom stereocenters. The van der Waals surface area contributed by atoms with Crippen LogP contribution in [0.4, 0.5) is 22.7 Å². The maximum atomic E-state index is 3.84. The lowest BCUT2D eigenvalue weighted by Crippen LogP contribution is -2.28. The summed E-state index contributed by atoms with van der Waals surface area (Å²) in [7, 11) is -2.46. The number of hydrogen-bond acceptors (Lipinski definition) is 4. The van der Waals surface area contributed by atoms with E-state index in [4.69, 9.17) is 0 Å². The summed E-state index contributed by atoms with van der Waals surface area (Å²) >= 11 is 0. The van der Waals surface area contributed by atoms with Crippen LogP contribution in [-0.2, 0) is 0 Å². The average Bonchev–Trinajstić information content (AvgIpc) is 2.79. The molecule has 0 aromatic heterocycles. The van der Waals surface area contributed by atoms with E-state index in [1.54, 1.807) is 0 Å². The van der Waals surface area contributed by atoms with Gasteiger partial charge in [0.25, 0.3) is 0 Å². The molecule has 4 N–H and O–H groups in total. The van der Waals surface area contributed by atoms with Crippen LogP contribution in [0.25, 0.3) is 0 Å². The molecular formula is C27H30N4P+.